The molecule has 1 aliphatic rings. The molecule has 0 amide bonds. The minimum absolute atomic E-state index is 0.168. The van der Waals surface area contributed by atoms with Crippen LogP contribution in [0.4, 0.5) is 5.69 Å². The molecule has 0 aliphatic carbocycles. The van der Waals surface area contributed by atoms with Crippen LogP contribution in [0.2, 0.25) is 0 Å². The van der Waals surface area contributed by atoms with E-state index in [0.29, 0.717) is 0 Å². The Labute approximate surface area is 162 Å². The number of hydrazone groups is 1. The molecule has 1 atom stereocenters. The minimum Gasteiger partial charge on any atom is -0.497 e. The van der Waals surface area contributed by atoms with Crippen LogP contribution in [0.1, 0.15) is 23.6 Å². The van der Waals surface area contributed by atoms with Gasteiger partial charge in [-0.3, -0.25) is 5.01 Å². The van der Waals surface area contributed by atoms with Gasteiger partial charge in [0.25, 0.3) is 0 Å². The number of halogens is 1. The van der Waals surface area contributed by atoms with Crippen molar-refractivity contribution >= 4 is 27.3 Å². The van der Waals surface area contributed by atoms with Gasteiger partial charge in [0.1, 0.15) is 5.75 Å². The molecule has 0 saturated carbocycles. The molecular formula is C22H19BrN2O. The van der Waals surface area contributed by atoms with Crippen molar-refractivity contribution < 1.29 is 4.74 Å². The zero-order chi connectivity index (χ0) is 17.9. The van der Waals surface area contributed by atoms with E-state index in [4.69, 9.17) is 9.84 Å². The van der Waals surface area contributed by atoms with Crippen LogP contribution in [-0.4, -0.2) is 12.8 Å². The molecule has 0 radical (unpaired) electrons. The number of benzene rings is 3. The van der Waals surface area contributed by atoms with Gasteiger partial charge in [-0.15, -0.1) is 0 Å². The Kier molecular flexibility index (Phi) is 4.76. The summed E-state index contributed by atoms with van der Waals surface area (Å²) in [6.07, 6.45) is 0.864. The molecule has 26 heavy (non-hydrogen) atoms. The molecule has 0 spiro atoms. The van der Waals surface area contributed by atoms with Crippen molar-refractivity contribution in [2.45, 2.75) is 12.5 Å². The largest absolute Gasteiger partial charge is 0.497 e. The highest BCUT2D eigenvalue weighted by molar-refractivity contribution is 9.10. The first kappa shape index (κ1) is 16.9. The molecular weight excluding hydrogens is 388 g/mol. The van der Waals surface area contributed by atoms with E-state index in [0.717, 1.165) is 33.6 Å². The summed E-state index contributed by atoms with van der Waals surface area (Å²) in [6, 6.07) is 27.1. The van der Waals surface area contributed by atoms with E-state index in [2.05, 4.69) is 69.5 Å². The van der Waals surface area contributed by atoms with Crippen molar-refractivity contribution in [2.75, 3.05) is 12.1 Å². The summed E-state index contributed by atoms with van der Waals surface area (Å²) in [6.45, 7) is 0. The molecule has 3 aromatic carbocycles. The van der Waals surface area contributed by atoms with Gasteiger partial charge in [0.05, 0.1) is 24.6 Å². The topological polar surface area (TPSA) is 24.8 Å². The van der Waals surface area contributed by atoms with Crippen LogP contribution >= 0.6 is 15.9 Å². The third-order valence-electron chi connectivity index (χ3n) is 4.61. The monoisotopic (exact) mass is 406 g/mol. The molecule has 130 valence electrons. The molecule has 1 heterocycles. The molecule has 1 aliphatic heterocycles. The average Bonchev–Trinajstić information content (AvgIpc) is 3.15. The standard InChI is InChI=1S/C22H19BrN2O/c1-26-20-13-9-17(10-14-20)22-15-21(16-7-11-18(23)12-8-16)24-25(22)19-5-3-2-4-6-19/h2-14,22H,15H2,1H3/t22-/m0/s1. The molecule has 0 N–H and O–H groups in total. The molecule has 0 aromatic heterocycles. The lowest BCUT2D eigenvalue weighted by Crippen LogP contribution is -2.18. The third kappa shape index (κ3) is 3.37. The number of ether oxygens (including phenoxy) is 1. The van der Waals surface area contributed by atoms with Crippen LogP contribution in [0.5, 0.6) is 5.75 Å². The van der Waals surface area contributed by atoms with E-state index in [1.54, 1.807) is 7.11 Å². The van der Waals surface area contributed by atoms with Crippen molar-refractivity contribution in [1.82, 2.24) is 0 Å². The zero-order valence-electron chi connectivity index (χ0n) is 14.5. The Morgan fingerprint density at radius 1 is 0.923 bits per heavy atom. The number of nitrogens with zero attached hydrogens (tertiary/aromatic N) is 2. The summed E-state index contributed by atoms with van der Waals surface area (Å²) < 4.78 is 6.37. The quantitative estimate of drug-likeness (QED) is 0.545. The molecule has 4 rings (SSSR count). The lowest BCUT2D eigenvalue weighted by molar-refractivity contribution is 0.414. The number of para-hydroxylation sites is 1. The molecule has 0 bridgehead atoms. The van der Waals surface area contributed by atoms with Gasteiger partial charge in [0, 0.05) is 10.9 Å². The lowest BCUT2D eigenvalue weighted by Gasteiger charge is -2.24. The first-order valence-corrected chi connectivity index (χ1v) is 9.35. The predicted octanol–water partition coefficient (Wildman–Crippen LogP) is 5.81. The maximum atomic E-state index is 5.30. The second-order valence-corrected chi connectivity index (χ2v) is 7.14. The molecule has 4 heteroatoms. The van der Waals surface area contributed by atoms with Crippen LogP contribution in [0, 0.1) is 0 Å². The number of anilines is 1. The number of hydrogen-bond donors (Lipinski definition) is 0. The highest BCUT2D eigenvalue weighted by Crippen LogP contribution is 2.37. The highest BCUT2D eigenvalue weighted by atomic mass is 79.9. The molecule has 3 aromatic rings. The van der Waals surface area contributed by atoms with Crippen LogP contribution in [0.25, 0.3) is 0 Å². The van der Waals surface area contributed by atoms with Crippen molar-refractivity contribution in [3.8, 4) is 5.75 Å². The summed E-state index contributed by atoms with van der Waals surface area (Å²) in [5.41, 5.74) is 4.58. The van der Waals surface area contributed by atoms with Crippen LogP contribution in [0.15, 0.2) is 88.4 Å². The molecule has 0 saturated heterocycles. The first-order chi connectivity index (χ1) is 12.7. The Balaban J connectivity index is 1.71. The minimum atomic E-state index is 0.168. The summed E-state index contributed by atoms with van der Waals surface area (Å²) in [7, 11) is 1.69. The predicted molar refractivity (Wildman–Crippen MR) is 110 cm³/mol. The Bertz CT molecular complexity index is 905. The summed E-state index contributed by atoms with van der Waals surface area (Å²) >= 11 is 3.50. The van der Waals surface area contributed by atoms with Crippen molar-refractivity contribution in [3.05, 3.63) is 94.5 Å². The maximum Gasteiger partial charge on any atom is 0.118 e. The van der Waals surface area contributed by atoms with E-state index in [1.165, 1.54) is 5.56 Å². The van der Waals surface area contributed by atoms with Crippen molar-refractivity contribution in [1.29, 1.82) is 0 Å². The highest BCUT2D eigenvalue weighted by Gasteiger charge is 2.29. The average molecular weight is 407 g/mol. The van der Waals surface area contributed by atoms with E-state index >= 15 is 0 Å². The second-order valence-electron chi connectivity index (χ2n) is 6.23. The second kappa shape index (κ2) is 7.34. The smallest absolute Gasteiger partial charge is 0.118 e. The Hall–Kier alpha value is -2.59. The number of rotatable bonds is 4. The van der Waals surface area contributed by atoms with Crippen LogP contribution in [0.3, 0.4) is 0 Å². The fraction of sp³-hybridized carbons (Fsp3) is 0.136. The Morgan fingerprint density at radius 2 is 1.62 bits per heavy atom. The summed E-state index contributed by atoms with van der Waals surface area (Å²) in [5, 5.41) is 7.09. The van der Waals surface area contributed by atoms with E-state index in [-0.39, 0.29) is 6.04 Å². The van der Waals surface area contributed by atoms with Crippen LogP contribution in [-0.2, 0) is 0 Å². The normalized spacial score (nSPS) is 16.5. The number of hydrogen-bond acceptors (Lipinski definition) is 3. The molecule has 0 fully saturated rings. The van der Waals surface area contributed by atoms with E-state index in [9.17, 15) is 0 Å². The lowest BCUT2D eigenvalue weighted by atomic mass is 9.98. The fourth-order valence-corrected chi connectivity index (χ4v) is 3.50. The van der Waals surface area contributed by atoms with Gasteiger partial charge >= 0.3 is 0 Å². The zero-order valence-corrected chi connectivity index (χ0v) is 16.1. The van der Waals surface area contributed by atoms with Gasteiger partial charge in [0.15, 0.2) is 0 Å². The van der Waals surface area contributed by atoms with Crippen LogP contribution < -0.4 is 9.75 Å². The van der Waals surface area contributed by atoms with Gasteiger partial charge in [-0.2, -0.15) is 5.10 Å². The van der Waals surface area contributed by atoms with Crippen molar-refractivity contribution in [2.24, 2.45) is 5.10 Å². The van der Waals surface area contributed by atoms with Gasteiger partial charge in [-0.1, -0.05) is 58.4 Å². The van der Waals surface area contributed by atoms with Gasteiger partial charge in [-0.05, 0) is 47.5 Å². The fourth-order valence-electron chi connectivity index (χ4n) is 3.23. The van der Waals surface area contributed by atoms with Gasteiger partial charge < -0.3 is 4.74 Å². The van der Waals surface area contributed by atoms with Gasteiger partial charge in [-0.25, -0.2) is 0 Å². The molecule has 3 nitrogen and oxygen atoms in total. The Morgan fingerprint density at radius 3 is 2.27 bits per heavy atom. The number of methoxy groups -OCH3 is 1. The van der Waals surface area contributed by atoms with E-state index < -0.39 is 0 Å². The molecule has 0 unspecified atom stereocenters. The first-order valence-electron chi connectivity index (χ1n) is 8.56. The SMILES string of the molecule is COc1ccc([C@@H]2CC(c3ccc(Br)cc3)=NN2c2ccccc2)cc1. The maximum absolute atomic E-state index is 5.30. The van der Waals surface area contributed by atoms with E-state index in [1.807, 2.05) is 30.3 Å². The summed E-state index contributed by atoms with van der Waals surface area (Å²) in [5.74, 6) is 0.868. The summed E-state index contributed by atoms with van der Waals surface area (Å²) in [4.78, 5) is 0. The van der Waals surface area contributed by atoms with Crippen molar-refractivity contribution in [3.63, 3.8) is 0 Å². The third-order valence-corrected chi connectivity index (χ3v) is 5.14. The van der Waals surface area contributed by atoms with Gasteiger partial charge in [0.2, 0.25) is 0 Å².